The second-order valence-corrected chi connectivity index (χ2v) is 5.40. The molecule has 0 spiro atoms. The molecule has 0 aliphatic rings. The molecule has 0 aliphatic carbocycles. The molecule has 5 nitrogen and oxygen atoms in total. The lowest BCUT2D eigenvalue weighted by atomic mass is 10.1. The number of carbonyl (C=O) groups excluding carboxylic acids is 1. The summed E-state index contributed by atoms with van der Waals surface area (Å²) in [5.41, 5.74) is 2.57. The molecular weight excluding hydrogens is 288 g/mol. The standard InChI is InChI=1S/C18H24N4O/c1-3-5-8-13-19-18(23)16-11-12-17(22-21-16)20-15-10-7-6-9-14(15)4-2/h6-7,9-12H,3-5,8,13H2,1-2H3,(H,19,23)(H,20,22). The third-order valence-corrected chi connectivity index (χ3v) is 3.62. The molecule has 1 aromatic carbocycles. The van der Waals surface area contributed by atoms with Crippen LogP contribution in [0.3, 0.4) is 0 Å². The number of carbonyl (C=O) groups is 1. The topological polar surface area (TPSA) is 66.9 Å². The predicted molar refractivity (Wildman–Crippen MR) is 93.0 cm³/mol. The van der Waals surface area contributed by atoms with Gasteiger partial charge in [-0.1, -0.05) is 44.9 Å². The highest BCUT2D eigenvalue weighted by Gasteiger charge is 2.08. The number of nitrogens with one attached hydrogen (secondary N) is 2. The molecule has 0 aliphatic heterocycles. The van der Waals surface area contributed by atoms with E-state index in [0.717, 1.165) is 31.4 Å². The first-order valence-corrected chi connectivity index (χ1v) is 8.21. The molecule has 0 bridgehead atoms. The van der Waals surface area contributed by atoms with Gasteiger partial charge in [0, 0.05) is 12.2 Å². The van der Waals surface area contributed by atoms with E-state index >= 15 is 0 Å². The average molecular weight is 312 g/mol. The third kappa shape index (κ3) is 5.06. The Labute approximate surface area is 137 Å². The van der Waals surface area contributed by atoms with E-state index in [1.165, 1.54) is 5.56 Å². The fourth-order valence-corrected chi connectivity index (χ4v) is 2.28. The van der Waals surface area contributed by atoms with Crippen LogP contribution in [0.4, 0.5) is 11.5 Å². The summed E-state index contributed by atoms with van der Waals surface area (Å²) in [5.74, 6) is 0.461. The third-order valence-electron chi connectivity index (χ3n) is 3.62. The molecule has 0 fully saturated rings. The number of hydrogen-bond donors (Lipinski definition) is 2. The number of nitrogens with zero attached hydrogens (tertiary/aromatic N) is 2. The van der Waals surface area contributed by atoms with Crippen LogP contribution in [0, 0.1) is 0 Å². The SMILES string of the molecule is CCCCCNC(=O)c1ccc(Nc2ccccc2CC)nn1. The molecule has 2 aromatic rings. The second-order valence-electron chi connectivity index (χ2n) is 5.40. The van der Waals surface area contributed by atoms with Crippen LogP contribution in [0.1, 0.15) is 49.2 Å². The van der Waals surface area contributed by atoms with Crippen LogP contribution in [-0.4, -0.2) is 22.6 Å². The summed E-state index contributed by atoms with van der Waals surface area (Å²) in [4.78, 5) is 11.9. The highest BCUT2D eigenvalue weighted by molar-refractivity contribution is 5.92. The van der Waals surface area contributed by atoms with Gasteiger partial charge in [-0.2, -0.15) is 0 Å². The molecule has 5 heteroatoms. The summed E-state index contributed by atoms with van der Waals surface area (Å²) in [6.45, 7) is 4.92. The quantitative estimate of drug-likeness (QED) is 0.729. The monoisotopic (exact) mass is 312 g/mol. The van der Waals surface area contributed by atoms with E-state index < -0.39 is 0 Å². The first-order valence-electron chi connectivity index (χ1n) is 8.21. The van der Waals surface area contributed by atoms with Gasteiger partial charge in [-0.3, -0.25) is 4.79 Å². The Kier molecular flexibility index (Phi) is 6.54. The largest absolute Gasteiger partial charge is 0.351 e. The summed E-state index contributed by atoms with van der Waals surface area (Å²) < 4.78 is 0. The molecule has 1 aromatic heterocycles. The van der Waals surface area contributed by atoms with Crippen molar-refractivity contribution in [1.29, 1.82) is 0 Å². The predicted octanol–water partition coefficient (Wildman–Crippen LogP) is 3.70. The van der Waals surface area contributed by atoms with Crippen LogP contribution < -0.4 is 10.6 Å². The maximum atomic E-state index is 11.9. The first kappa shape index (κ1) is 16.9. The van der Waals surface area contributed by atoms with Crippen molar-refractivity contribution in [2.45, 2.75) is 39.5 Å². The van der Waals surface area contributed by atoms with Gasteiger partial charge in [-0.15, -0.1) is 10.2 Å². The van der Waals surface area contributed by atoms with Crippen LogP contribution in [-0.2, 0) is 6.42 Å². The van der Waals surface area contributed by atoms with E-state index in [-0.39, 0.29) is 5.91 Å². The normalized spacial score (nSPS) is 10.3. The molecule has 0 unspecified atom stereocenters. The minimum Gasteiger partial charge on any atom is -0.351 e. The number of rotatable bonds is 8. The van der Waals surface area contributed by atoms with E-state index in [0.29, 0.717) is 18.1 Å². The molecule has 23 heavy (non-hydrogen) atoms. The van der Waals surface area contributed by atoms with E-state index in [2.05, 4.69) is 40.7 Å². The van der Waals surface area contributed by atoms with Crippen LogP contribution in [0.2, 0.25) is 0 Å². The molecule has 122 valence electrons. The Balaban J connectivity index is 1.95. The zero-order valence-electron chi connectivity index (χ0n) is 13.8. The number of anilines is 2. The van der Waals surface area contributed by atoms with Crippen molar-refractivity contribution in [2.75, 3.05) is 11.9 Å². The number of benzene rings is 1. The number of unbranched alkanes of at least 4 members (excludes halogenated alkanes) is 2. The molecule has 2 rings (SSSR count). The summed E-state index contributed by atoms with van der Waals surface area (Å²) >= 11 is 0. The van der Waals surface area contributed by atoms with Crippen LogP contribution in [0.15, 0.2) is 36.4 Å². The van der Waals surface area contributed by atoms with Gasteiger partial charge in [0.05, 0.1) is 0 Å². The van der Waals surface area contributed by atoms with Gasteiger partial charge in [-0.05, 0) is 36.6 Å². The minimum atomic E-state index is -0.172. The lowest BCUT2D eigenvalue weighted by Crippen LogP contribution is -2.25. The van der Waals surface area contributed by atoms with Gasteiger partial charge in [-0.25, -0.2) is 0 Å². The van der Waals surface area contributed by atoms with Crippen LogP contribution >= 0.6 is 0 Å². The Bertz CT molecular complexity index is 625. The highest BCUT2D eigenvalue weighted by Crippen LogP contribution is 2.19. The van der Waals surface area contributed by atoms with Crippen molar-refractivity contribution in [3.05, 3.63) is 47.7 Å². The summed E-state index contributed by atoms with van der Waals surface area (Å²) in [6.07, 6.45) is 4.18. The molecular formula is C18H24N4O. The Morgan fingerprint density at radius 2 is 1.87 bits per heavy atom. The zero-order chi connectivity index (χ0) is 16.5. The van der Waals surface area contributed by atoms with E-state index in [1.807, 2.05) is 18.2 Å². The first-order chi connectivity index (χ1) is 11.2. The maximum Gasteiger partial charge on any atom is 0.271 e. The van der Waals surface area contributed by atoms with Crippen molar-refractivity contribution in [3.63, 3.8) is 0 Å². The van der Waals surface area contributed by atoms with Gasteiger partial charge >= 0.3 is 0 Å². The van der Waals surface area contributed by atoms with E-state index in [4.69, 9.17) is 0 Å². The molecule has 0 atom stereocenters. The molecule has 0 saturated heterocycles. The van der Waals surface area contributed by atoms with Gasteiger partial charge in [0.15, 0.2) is 11.5 Å². The number of aryl methyl sites for hydroxylation is 1. The van der Waals surface area contributed by atoms with E-state index in [9.17, 15) is 4.79 Å². The van der Waals surface area contributed by atoms with Gasteiger partial charge in [0.1, 0.15) is 0 Å². The Hall–Kier alpha value is -2.43. The fourth-order valence-electron chi connectivity index (χ4n) is 2.28. The van der Waals surface area contributed by atoms with Gasteiger partial charge in [0.25, 0.3) is 5.91 Å². The number of hydrogen-bond acceptors (Lipinski definition) is 4. The lowest BCUT2D eigenvalue weighted by Gasteiger charge is -2.10. The molecule has 1 heterocycles. The van der Waals surface area contributed by atoms with Crippen molar-refractivity contribution in [2.24, 2.45) is 0 Å². The smallest absolute Gasteiger partial charge is 0.271 e. The number of aromatic nitrogens is 2. The summed E-state index contributed by atoms with van der Waals surface area (Å²) in [6, 6.07) is 11.6. The molecule has 0 radical (unpaired) electrons. The molecule has 2 N–H and O–H groups in total. The fraction of sp³-hybridized carbons (Fsp3) is 0.389. The van der Waals surface area contributed by atoms with Gasteiger partial charge < -0.3 is 10.6 Å². The number of amides is 1. The summed E-state index contributed by atoms with van der Waals surface area (Å²) in [7, 11) is 0. The van der Waals surface area contributed by atoms with Crippen molar-refractivity contribution in [3.8, 4) is 0 Å². The molecule has 0 saturated carbocycles. The van der Waals surface area contributed by atoms with Crippen LogP contribution in [0.25, 0.3) is 0 Å². The lowest BCUT2D eigenvalue weighted by molar-refractivity contribution is 0.0947. The van der Waals surface area contributed by atoms with E-state index in [1.54, 1.807) is 12.1 Å². The average Bonchev–Trinajstić information content (AvgIpc) is 2.59. The zero-order valence-corrected chi connectivity index (χ0v) is 13.8. The van der Waals surface area contributed by atoms with Crippen LogP contribution in [0.5, 0.6) is 0 Å². The second kappa shape index (κ2) is 8.88. The van der Waals surface area contributed by atoms with Crippen molar-refractivity contribution in [1.82, 2.24) is 15.5 Å². The molecule has 1 amide bonds. The number of para-hydroxylation sites is 1. The maximum absolute atomic E-state index is 11.9. The highest BCUT2D eigenvalue weighted by atomic mass is 16.1. The van der Waals surface area contributed by atoms with Crippen molar-refractivity contribution >= 4 is 17.4 Å². The van der Waals surface area contributed by atoms with Crippen molar-refractivity contribution < 1.29 is 4.79 Å². The summed E-state index contributed by atoms with van der Waals surface area (Å²) in [5, 5.41) is 14.2. The minimum absolute atomic E-state index is 0.172. The Morgan fingerprint density at radius 3 is 2.57 bits per heavy atom. The van der Waals surface area contributed by atoms with Gasteiger partial charge in [0.2, 0.25) is 0 Å². The Morgan fingerprint density at radius 1 is 1.04 bits per heavy atom.